The van der Waals surface area contributed by atoms with Crippen LogP contribution < -0.4 is 10.9 Å². The zero-order chi connectivity index (χ0) is 21.6. The Hall–Kier alpha value is -2.47. The standard InChI is InChI=1S/C24H29N3O2S/c1-14-6-9-17(10-7-14)26-21(28)15(2)27-13-25-22-20(23(27)29)18-11-8-16(24(3,4)5)12-19(18)30-22/h6-7,9-10,13,15-16H,8,11-12H2,1-5H3,(H,26,28)/t15-,16+/m0/s1. The van der Waals surface area contributed by atoms with Gasteiger partial charge in [-0.3, -0.25) is 14.2 Å². The number of hydrogen-bond donors (Lipinski definition) is 1. The van der Waals surface area contributed by atoms with Gasteiger partial charge in [-0.2, -0.15) is 0 Å². The number of nitrogens with one attached hydrogen (secondary N) is 1. The fourth-order valence-electron chi connectivity index (χ4n) is 4.20. The molecule has 5 nitrogen and oxygen atoms in total. The third kappa shape index (κ3) is 3.81. The summed E-state index contributed by atoms with van der Waals surface area (Å²) in [5.41, 5.74) is 3.14. The SMILES string of the molecule is Cc1ccc(NC(=O)[C@H](C)n2cnc3sc4c(c3c2=O)CC[C@@H](C(C)(C)C)C4)cc1. The summed E-state index contributed by atoms with van der Waals surface area (Å²) in [6.45, 7) is 10.6. The van der Waals surface area contributed by atoms with Crippen LogP contribution in [0.4, 0.5) is 5.69 Å². The molecule has 1 aliphatic carbocycles. The molecule has 0 saturated carbocycles. The molecule has 30 heavy (non-hydrogen) atoms. The number of rotatable bonds is 3. The minimum absolute atomic E-state index is 0.113. The number of nitrogens with zero attached hydrogens (tertiary/aromatic N) is 2. The average Bonchev–Trinajstić information content (AvgIpc) is 3.07. The Bertz CT molecular complexity index is 1150. The van der Waals surface area contributed by atoms with E-state index in [-0.39, 0.29) is 16.9 Å². The highest BCUT2D eigenvalue weighted by Crippen LogP contribution is 2.42. The first kappa shape index (κ1) is 20.8. The van der Waals surface area contributed by atoms with Crippen molar-refractivity contribution in [1.29, 1.82) is 0 Å². The van der Waals surface area contributed by atoms with E-state index in [1.54, 1.807) is 18.3 Å². The van der Waals surface area contributed by atoms with Crippen LogP contribution in [0.5, 0.6) is 0 Å². The second-order valence-corrected chi connectivity index (χ2v) is 10.6. The van der Waals surface area contributed by atoms with E-state index >= 15 is 0 Å². The summed E-state index contributed by atoms with van der Waals surface area (Å²) in [6.07, 6.45) is 4.51. The molecule has 0 aliphatic heterocycles. The van der Waals surface area contributed by atoms with Crippen LogP contribution in [-0.4, -0.2) is 15.5 Å². The van der Waals surface area contributed by atoms with E-state index in [0.717, 1.165) is 40.9 Å². The number of thiophene rings is 1. The van der Waals surface area contributed by atoms with E-state index in [0.29, 0.717) is 11.3 Å². The summed E-state index contributed by atoms with van der Waals surface area (Å²) >= 11 is 1.64. The van der Waals surface area contributed by atoms with Gasteiger partial charge in [-0.05, 0) is 62.1 Å². The van der Waals surface area contributed by atoms with Crippen LogP contribution in [-0.2, 0) is 17.6 Å². The van der Waals surface area contributed by atoms with Crippen molar-refractivity contribution in [2.45, 2.75) is 59.9 Å². The highest BCUT2D eigenvalue weighted by atomic mass is 32.1. The maximum Gasteiger partial charge on any atom is 0.263 e. The molecular weight excluding hydrogens is 394 g/mol. The Morgan fingerprint density at radius 1 is 1.27 bits per heavy atom. The fourth-order valence-corrected chi connectivity index (χ4v) is 5.46. The van der Waals surface area contributed by atoms with Gasteiger partial charge in [-0.15, -0.1) is 11.3 Å². The van der Waals surface area contributed by atoms with Crippen LogP contribution in [0, 0.1) is 18.3 Å². The molecule has 1 amide bonds. The van der Waals surface area contributed by atoms with Gasteiger partial charge in [0, 0.05) is 10.6 Å². The monoisotopic (exact) mass is 423 g/mol. The lowest BCUT2D eigenvalue weighted by atomic mass is 9.72. The van der Waals surface area contributed by atoms with Gasteiger partial charge >= 0.3 is 0 Å². The number of benzene rings is 1. The highest BCUT2D eigenvalue weighted by Gasteiger charge is 2.32. The predicted molar refractivity (Wildman–Crippen MR) is 123 cm³/mol. The molecule has 4 rings (SSSR count). The summed E-state index contributed by atoms with van der Waals surface area (Å²) in [6, 6.07) is 6.98. The van der Waals surface area contributed by atoms with Gasteiger partial charge in [0.2, 0.25) is 5.91 Å². The highest BCUT2D eigenvalue weighted by molar-refractivity contribution is 7.18. The lowest BCUT2D eigenvalue weighted by molar-refractivity contribution is -0.118. The first-order chi connectivity index (χ1) is 14.1. The van der Waals surface area contributed by atoms with Crippen molar-refractivity contribution in [1.82, 2.24) is 9.55 Å². The lowest BCUT2D eigenvalue weighted by Crippen LogP contribution is -2.32. The largest absolute Gasteiger partial charge is 0.324 e. The van der Waals surface area contributed by atoms with Crippen molar-refractivity contribution in [2.24, 2.45) is 11.3 Å². The van der Waals surface area contributed by atoms with Crippen LogP contribution in [0.1, 0.15) is 56.2 Å². The number of anilines is 1. The molecule has 1 aromatic carbocycles. The molecule has 1 aliphatic rings. The zero-order valence-electron chi connectivity index (χ0n) is 18.3. The molecule has 0 bridgehead atoms. The average molecular weight is 424 g/mol. The second kappa shape index (κ2) is 7.65. The molecule has 0 spiro atoms. The molecule has 2 aromatic heterocycles. The number of hydrogen-bond acceptors (Lipinski definition) is 4. The van der Waals surface area contributed by atoms with E-state index in [4.69, 9.17) is 0 Å². The van der Waals surface area contributed by atoms with Gasteiger partial charge in [0.05, 0.1) is 11.7 Å². The zero-order valence-corrected chi connectivity index (χ0v) is 19.1. The molecule has 158 valence electrons. The van der Waals surface area contributed by atoms with Gasteiger partial charge in [0.15, 0.2) is 0 Å². The van der Waals surface area contributed by atoms with Gasteiger partial charge < -0.3 is 5.32 Å². The molecule has 0 radical (unpaired) electrons. The second-order valence-electron chi connectivity index (χ2n) is 9.48. The van der Waals surface area contributed by atoms with Crippen LogP contribution in [0.3, 0.4) is 0 Å². The molecule has 2 heterocycles. The Labute approximate surface area is 181 Å². The lowest BCUT2D eigenvalue weighted by Gasteiger charge is -2.33. The van der Waals surface area contributed by atoms with Crippen LogP contribution in [0.25, 0.3) is 10.2 Å². The Kier molecular flexibility index (Phi) is 5.30. The molecule has 1 N–H and O–H groups in total. The summed E-state index contributed by atoms with van der Waals surface area (Å²) < 4.78 is 1.47. The van der Waals surface area contributed by atoms with Crippen molar-refractivity contribution in [3.05, 3.63) is 57.0 Å². The molecule has 0 saturated heterocycles. The van der Waals surface area contributed by atoms with Gasteiger partial charge in [0.1, 0.15) is 10.9 Å². The Morgan fingerprint density at radius 2 is 1.97 bits per heavy atom. The number of carbonyl (C=O) groups excluding carboxylic acids is 1. The number of aryl methyl sites for hydroxylation is 2. The molecule has 2 atom stereocenters. The number of amides is 1. The molecule has 0 fully saturated rings. The van der Waals surface area contributed by atoms with E-state index in [9.17, 15) is 9.59 Å². The van der Waals surface area contributed by atoms with Crippen LogP contribution >= 0.6 is 11.3 Å². The minimum Gasteiger partial charge on any atom is -0.324 e. The summed E-state index contributed by atoms with van der Waals surface area (Å²) in [5.74, 6) is 0.387. The summed E-state index contributed by atoms with van der Waals surface area (Å²) in [7, 11) is 0. The number of aromatic nitrogens is 2. The predicted octanol–water partition coefficient (Wildman–Crippen LogP) is 5.12. The number of carbonyl (C=O) groups is 1. The van der Waals surface area contributed by atoms with Gasteiger partial charge in [-0.25, -0.2) is 4.98 Å². The Balaban J connectivity index is 1.64. The van der Waals surface area contributed by atoms with Crippen LogP contribution in [0.2, 0.25) is 0 Å². The van der Waals surface area contributed by atoms with Crippen molar-refractivity contribution >= 4 is 33.1 Å². The molecule has 0 unspecified atom stereocenters. The van der Waals surface area contributed by atoms with E-state index in [2.05, 4.69) is 31.1 Å². The third-order valence-electron chi connectivity index (χ3n) is 6.34. The maximum absolute atomic E-state index is 13.3. The smallest absolute Gasteiger partial charge is 0.263 e. The third-order valence-corrected chi connectivity index (χ3v) is 7.50. The van der Waals surface area contributed by atoms with E-state index in [1.807, 2.05) is 31.2 Å². The van der Waals surface area contributed by atoms with Crippen LogP contribution in [0.15, 0.2) is 35.4 Å². The summed E-state index contributed by atoms with van der Waals surface area (Å²) in [4.78, 5) is 32.7. The topological polar surface area (TPSA) is 64.0 Å². The Morgan fingerprint density at radius 3 is 2.63 bits per heavy atom. The van der Waals surface area contributed by atoms with E-state index in [1.165, 1.54) is 15.8 Å². The van der Waals surface area contributed by atoms with Gasteiger partial charge in [-0.1, -0.05) is 38.5 Å². The number of fused-ring (bicyclic) bond motifs is 3. The normalized spacial score (nSPS) is 17.6. The molecule has 6 heteroatoms. The van der Waals surface area contributed by atoms with Crippen molar-refractivity contribution in [3.63, 3.8) is 0 Å². The van der Waals surface area contributed by atoms with E-state index < -0.39 is 6.04 Å². The first-order valence-electron chi connectivity index (χ1n) is 10.5. The quantitative estimate of drug-likeness (QED) is 0.636. The maximum atomic E-state index is 13.3. The van der Waals surface area contributed by atoms with Gasteiger partial charge in [0.25, 0.3) is 5.56 Å². The summed E-state index contributed by atoms with van der Waals surface area (Å²) in [5, 5.41) is 3.61. The fraction of sp³-hybridized carbons (Fsp3) is 0.458. The van der Waals surface area contributed by atoms with Crippen molar-refractivity contribution in [3.8, 4) is 0 Å². The first-order valence-corrected chi connectivity index (χ1v) is 11.4. The van der Waals surface area contributed by atoms with Crippen molar-refractivity contribution < 1.29 is 4.79 Å². The minimum atomic E-state index is -0.642. The van der Waals surface area contributed by atoms with Crippen molar-refractivity contribution in [2.75, 3.05) is 5.32 Å². The molecule has 3 aromatic rings. The molecular formula is C24H29N3O2S.